The number of para-hydroxylation sites is 2. The van der Waals surface area contributed by atoms with Crippen molar-refractivity contribution >= 4 is 0 Å². The third kappa shape index (κ3) is 3.28. The van der Waals surface area contributed by atoms with Crippen molar-refractivity contribution in [3.8, 4) is 11.5 Å². The third-order valence-electron chi connectivity index (χ3n) is 3.25. The zero-order chi connectivity index (χ0) is 13.7. The Labute approximate surface area is 115 Å². The van der Waals surface area contributed by atoms with Crippen molar-refractivity contribution in [3.63, 3.8) is 0 Å². The van der Waals surface area contributed by atoms with Crippen molar-refractivity contribution in [2.45, 2.75) is 19.8 Å². The van der Waals surface area contributed by atoms with E-state index >= 15 is 0 Å². The Hall–Kier alpha value is -1.96. The van der Waals surface area contributed by atoms with E-state index in [0.717, 1.165) is 18.1 Å². The Bertz CT molecular complexity index is 534. The van der Waals surface area contributed by atoms with Gasteiger partial charge in [-0.15, -0.1) is 0 Å². The minimum Gasteiger partial charge on any atom is -0.496 e. The minimum atomic E-state index is 0.580. The summed E-state index contributed by atoms with van der Waals surface area (Å²) in [6.07, 6.45) is 0. The maximum absolute atomic E-state index is 5.41. The van der Waals surface area contributed by atoms with Crippen LogP contribution in [0.1, 0.15) is 24.0 Å². The monoisotopic (exact) mass is 256 g/mol. The zero-order valence-corrected chi connectivity index (χ0v) is 11.7. The lowest BCUT2D eigenvalue weighted by molar-refractivity contribution is 0.337. The second kappa shape index (κ2) is 6.28. The first-order valence-corrected chi connectivity index (χ1v) is 6.53. The molecule has 2 aromatic carbocycles. The van der Waals surface area contributed by atoms with Crippen LogP contribution in [-0.2, 0) is 0 Å². The Balaban J connectivity index is 0.000000141. The third-order valence-corrected chi connectivity index (χ3v) is 3.25. The molecule has 0 radical (unpaired) electrons. The number of hydrogen-bond donors (Lipinski definition) is 0. The van der Waals surface area contributed by atoms with Gasteiger partial charge in [0.2, 0.25) is 0 Å². The summed E-state index contributed by atoms with van der Waals surface area (Å²) in [5.74, 6) is 2.60. The molecule has 100 valence electrons. The fourth-order valence-corrected chi connectivity index (χ4v) is 2.11. The summed E-state index contributed by atoms with van der Waals surface area (Å²) >= 11 is 0. The van der Waals surface area contributed by atoms with Crippen LogP contribution in [0.25, 0.3) is 0 Å². The van der Waals surface area contributed by atoms with Gasteiger partial charge in [0.1, 0.15) is 11.5 Å². The van der Waals surface area contributed by atoms with E-state index in [-0.39, 0.29) is 0 Å². The second-order valence-electron chi connectivity index (χ2n) is 4.72. The van der Waals surface area contributed by atoms with E-state index in [4.69, 9.17) is 9.47 Å². The van der Waals surface area contributed by atoms with Gasteiger partial charge in [-0.05, 0) is 24.6 Å². The molecule has 1 atom stereocenters. The predicted octanol–water partition coefficient (Wildman–Crippen LogP) is 4.19. The molecule has 0 N–H and O–H groups in total. The SMILES string of the molecule is CC1COc2ccccc21.COc1ccccc1C. The van der Waals surface area contributed by atoms with Crippen LogP contribution in [0.5, 0.6) is 11.5 Å². The molecule has 1 aliphatic rings. The maximum Gasteiger partial charge on any atom is 0.122 e. The van der Waals surface area contributed by atoms with Crippen molar-refractivity contribution in [1.82, 2.24) is 0 Å². The molecule has 19 heavy (non-hydrogen) atoms. The van der Waals surface area contributed by atoms with Crippen molar-refractivity contribution in [1.29, 1.82) is 0 Å². The van der Waals surface area contributed by atoms with Gasteiger partial charge in [0.15, 0.2) is 0 Å². The van der Waals surface area contributed by atoms with Crippen LogP contribution in [0, 0.1) is 6.92 Å². The Morgan fingerprint density at radius 3 is 2.37 bits per heavy atom. The number of fused-ring (bicyclic) bond motifs is 1. The molecule has 2 heteroatoms. The molecule has 0 spiro atoms. The zero-order valence-electron chi connectivity index (χ0n) is 11.7. The van der Waals surface area contributed by atoms with E-state index in [1.165, 1.54) is 11.1 Å². The molecule has 2 aromatic rings. The first-order chi connectivity index (χ1) is 9.22. The average Bonchev–Trinajstić information content (AvgIpc) is 2.82. The summed E-state index contributed by atoms with van der Waals surface area (Å²) in [6, 6.07) is 16.2. The number of hydrogen-bond acceptors (Lipinski definition) is 2. The van der Waals surface area contributed by atoms with E-state index < -0.39 is 0 Å². The summed E-state index contributed by atoms with van der Waals surface area (Å²) in [5, 5.41) is 0. The summed E-state index contributed by atoms with van der Waals surface area (Å²) in [5.41, 5.74) is 2.53. The standard InChI is InChI=1S/C9H10O.C8H10O/c1-7-6-10-9-5-3-2-4-8(7)9;1-7-5-3-4-6-8(7)9-2/h2-5,7H,6H2,1H3;3-6H,1-2H3. The molecule has 1 aliphatic heterocycles. The van der Waals surface area contributed by atoms with Crippen LogP contribution in [0.15, 0.2) is 48.5 Å². The van der Waals surface area contributed by atoms with Crippen molar-refractivity contribution in [3.05, 3.63) is 59.7 Å². The smallest absolute Gasteiger partial charge is 0.122 e. The van der Waals surface area contributed by atoms with Crippen LogP contribution in [-0.4, -0.2) is 13.7 Å². The van der Waals surface area contributed by atoms with E-state index in [9.17, 15) is 0 Å². The molecule has 2 nitrogen and oxygen atoms in total. The number of ether oxygens (including phenoxy) is 2. The van der Waals surface area contributed by atoms with Gasteiger partial charge in [-0.3, -0.25) is 0 Å². The predicted molar refractivity (Wildman–Crippen MR) is 78.1 cm³/mol. The highest BCUT2D eigenvalue weighted by Crippen LogP contribution is 2.32. The van der Waals surface area contributed by atoms with Gasteiger partial charge in [-0.1, -0.05) is 43.3 Å². The van der Waals surface area contributed by atoms with E-state index in [1.54, 1.807) is 7.11 Å². The number of rotatable bonds is 1. The topological polar surface area (TPSA) is 18.5 Å². The van der Waals surface area contributed by atoms with Crippen LogP contribution < -0.4 is 9.47 Å². The maximum atomic E-state index is 5.41. The lowest BCUT2D eigenvalue weighted by atomic mass is 10.0. The van der Waals surface area contributed by atoms with Crippen LogP contribution in [0.2, 0.25) is 0 Å². The van der Waals surface area contributed by atoms with Gasteiger partial charge < -0.3 is 9.47 Å². The molecule has 3 rings (SSSR count). The molecule has 0 aliphatic carbocycles. The molecule has 0 fully saturated rings. The van der Waals surface area contributed by atoms with Crippen LogP contribution in [0.3, 0.4) is 0 Å². The van der Waals surface area contributed by atoms with Gasteiger partial charge in [0, 0.05) is 11.5 Å². The fraction of sp³-hybridized carbons (Fsp3) is 0.294. The van der Waals surface area contributed by atoms with Crippen molar-refractivity contribution in [2.24, 2.45) is 0 Å². The van der Waals surface area contributed by atoms with E-state index in [2.05, 4.69) is 19.1 Å². The molecular weight excluding hydrogens is 236 g/mol. The Kier molecular flexibility index (Phi) is 4.45. The Morgan fingerprint density at radius 2 is 1.74 bits per heavy atom. The minimum absolute atomic E-state index is 0.580. The molecule has 0 saturated carbocycles. The summed E-state index contributed by atoms with van der Waals surface area (Å²) in [4.78, 5) is 0. The summed E-state index contributed by atoms with van der Waals surface area (Å²) in [6.45, 7) is 5.06. The molecule has 1 unspecified atom stereocenters. The largest absolute Gasteiger partial charge is 0.496 e. The quantitative estimate of drug-likeness (QED) is 0.761. The Morgan fingerprint density at radius 1 is 1.05 bits per heavy atom. The van der Waals surface area contributed by atoms with E-state index in [1.807, 2.05) is 43.3 Å². The van der Waals surface area contributed by atoms with E-state index in [0.29, 0.717) is 5.92 Å². The van der Waals surface area contributed by atoms with Crippen LogP contribution >= 0.6 is 0 Å². The molecule has 0 amide bonds. The average molecular weight is 256 g/mol. The van der Waals surface area contributed by atoms with Gasteiger partial charge in [-0.2, -0.15) is 0 Å². The number of benzene rings is 2. The normalized spacial score (nSPS) is 15.8. The van der Waals surface area contributed by atoms with Gasteiger partial charge >= 0.3 is 0 Å². The summed E-state index contributed by atoms with van der Waals surface area (Å²) < 4.78 is 10.5. The second-order valence-corrected chi connectivity index (χ2v) is 4.72. The molecule has 0 bridgehead atoms. The van der Waals surface area contributed by atoms with Gasteiger partial charge in [0.25, 0.3) is 0 Å². The number of methoxy groups -OCH3 is 1. The van der Waals surface area contributed by atoms with Crippen LogP contribution in [0.4, 0.5) is 0 Å². The fourth-order valence-electron chi connectivity index (χ4n) is 2.11. The molecule has 0 saturated heterocycles. The summed E-state index contributed by atoms with van der Waals surface area (Å²) in [7, 11) is 1.68. The first kappa shape index (κ1) is 13.5. The highest BCUT2D eigenvalue weighted by molar-refractivity contribution is 5.38. The molecule has 0 aromatic heterocycles. The molecular formula is C17H20O2. The molecule has 1 heterocycles. The highest BCUT2D eigenvalue weighted by atomic mass is 16.5. The lowest BCUT2D eigenvalue weighted by Crippen LogP contribution is -1.93. The highest BCUT2D eigenvalue weighted by Gasteiger charge is 2.17. The van der Waals surface area contributed by atoms with Gasteiger partial charge in [0.05, 0.1) is 13.7 Å². The van der Waals surface area contributed by atoms with Gasteiger partial charge in [-0.25, -0.2) is 0 Å². The lowest BCUT2D eigenvalue weighted by Gasteiger charge is -2.00. The van der Waals surface area contributed by atoms with Crippen molar-refractivity contribution < 1.29 is 9.47 Å². The number of aryl methyl sites for hydroxylation is 1. The first-order valence-electron chi connectivity index (χ1n) is 6.53. The van der Waals surface area contributed by atoms with Crippen molar-refractivity contribution in [2.75, 3.05) is 13.7 Å².